The molecule has 21 heavy (non-hydrogen) atoms. The molecule has 0 saturated carbocycles. The fourth-order valence-electron chi connectivity index (χ4n) is 2.85. The monoisotopic (exact) mass is 311 g/mol. The maximum Gasteiger partial charge on any atom is 0.347 e. The molecule has 5 heteroatoms. The second kappa shape index (κ2) is 7.55. The normalized spacial score (nSPS) is 20.0. The summed E-state index contributed by atoms with van der Waals surface area (Å²) in [4.78, 5) is 2.25. The van der Waals surface area contributed by atoms with Crippen LogP contribution in [0, 0.1) is 6.92 Å². The van der Waals surface area contributed by atoms with Gasteiger partial charge in [0.15, 0.2) is 0 Å². The molecule has 0 aromatic heterocycles. The third-order valence-corrected chi connectivity index (χ3v) is 6.37. The van der Waals surface area contributed by atoms with Crippen LogP contribution in [0.3, 0.4) is 0 Å². The Balaban J connectivity index is 2.11. The van der Waals surface area contributed by atoms with E-state index in [9.17, 15) is 4.57 Å². The van der Waals surface area contributed by atoms with E-state index in [2.05, 4.69) is 36.1 Å². The molecular weight excluding hydrogens is 285 g/mol. The highest BCUT2D eigenvalue weighted by atomic mass is 31.2. The average molecular weight is 311 g/mol. The molecule has 4 nitrogen and oxygen atoms in total. The lowest BCUT2D eigenvalue weighted by molar-refractivity contribution is 0.179. The Morgan fingerprint density at radius 2 is 1.81 bits per heavy atom. The second-order valence-corrected chi connectivity index (χ2v) is 7.65. The lowest BCUT2D eigenvalue weighted by atomic mass is 10.1. The van der Waals surface area contributed by atoms with Gasteiger partial charge in [0.1, 0.15) is 5.78 Å². The maximum absolute atomic E-state index is 13.0. The van der Waals surface area contributed by atoms with Crippen molar-refractivity contribution in [1.82, 2.24) is 4.90 Å². The summed E-state index contributed by atoms with van der Waals surface area (Å²) in [7, 11) is -3.04. The van der Waals surface area contributed by atoms with Gasteiger partial charge in [0.2, 0.25) is 0 Å². The van der Waals surface area contributed by atoms with Crippen LogP contribution >= 0.6 is 7.60 Å². The van der Waals surface area contributed by atoms with Crippen LogP contribution in [0.5, 0.6) is 0 Å². The summed E-state index contributed by atoms with van der Waals surface area (Å²) in [6.45, 7) is 8.41. The van der Waals surface area contributed by atoms with E-state index >= 15 is 0 Å². The summed E-state index contributed by atoms with van der Waals surface area (Å²) in [6.07, 6.45) is 1.92. The first-order valence-electron chi connectivity index (χ1n) is 7.77. The van der Waals surface area contributed by atoms with Crippen molar-refractivity contribution in [1.29, 1.82) is 0 Å². The molecule has 0 bridgehead atoms. The number of rotatable bonds is 7. The van der Waals surface area contributed by atoms with Crippen LogP contribution < -0.4 is 0 Å². The fraction of sp³-hybridized carbons (Fsp3) is 0.625. The van der Waals surface area contributed by atoms with Crippen LogP contribution in [0.4, 0.5) is 0 Å². The van der Waals surface area contributed by atoms with Gasteiger partial charge in [0.25, 0.3) is 0 Å². The Hall–Kier alpha value is -0.670. The summed E-state index contributed by atoms with van der Waals surface area (Å²) < 4.78 is 24.0. The predicted molar refractivity (Wildman–Crippen MR) is 85.5 cm³/mol. The van der Waals surface area contributed by atoms with Crippen molar-refractivity contribution in [3.05, 3.63) is 35.4 Å². The van der Waals surface area contributed by atoms with Gasteiger partial charge in [0.05, 0.1) is 13.2 Å². The first-order valence-corrected chi connectivity index (χ1v) is 9.38. The topological polar surface area (TPSA) is 38.8 Å². The van der Waals surface area contributed by atoms with E-state index in [1.165, 1.54) is 11.1 Å². The van der Waals surface area contributed by atoms with Crippen molar-refractivity contribution in [3.8, 4) is 0 Å². The van der Waals surface area contributed by atoms with Crippen LogP contribution in [0.15, 0.2) is 24.3 Å². The third kappa shape index (κ3) is 4.17. The minimum absolute atomic E-state index is 0.112. The van der Waals surface area contributed by atoms with E-state index in [0.717, 1.165) is 25.9 Å². The fourth-order valence-corrected chi connectivity index (χ4v) is 5.08. The van der Waals surface area contributed by atoms with Crippen molar-refractivity contribution < 1.29 is 13.6 Å². The Morgan fingerprint density at radius 3 is 2.38 bits per heavy atom. The van der Waals surface area contributed by atoms with E-state index in [4.69, 9.17) is 9.05 Å². The van der Waals surface area contributed by atoms with Crippen molar-refractivity contribution in [2.45, 2.75) is 45.9 Å². The van der Waals surface area contributed by atoms with E-state index < -0.39 is 7.60 Å². The number of hydrogen-bond acceptors (Lipinski definition) is 4. The largest absolute Gasteiger partial charge is 0.347 e. The van der Waals surface area contributed by atoms with Crippen molar-refractivity contribution in [2.24, 2.45) is 0 Å². The molecule has 1 fully saturated rings. The molecule has 0 aliphatic carbocycles. The molecule has 1 aliphatic rings. The van der Waals surface area contributed by atoms with Gasteiger partial charge in [-0.3, -0.25) is 9.46 Å². The predicted octanol–water partition coefficient (Wildman–Crippen LogP) is 4.18. The zero-order valence-corrected chi connectivity index (χ0v) is 14.1. The molecule has 0 amide bonds. The lowest BCUT2D eigenvalue weighted by Crippen LogP contribution is -2.30. The Kier molecular flexibility index (Phi) is 6.00. The summed E-state index contributed by atoms with van der Waals surface area (Å²) in [5.41, 5.74) is 2.50. The number of hydrogen-bond donors (Lipinski definition) is 0. The molecule has 1 heterocycles. The van der Waals surface area contributed by atoms with Gasteiger partial charge >= 0.3 is 7.60 Å². The molecule has 1 aromatic carbocycles. The minimum atomic E-state index is -3.04. The highest BCUT2D eigenvalue weighted by Crippen LogP contribution is 2.57. The molecule has 1 atom stereocenters. The van der Waals surface area contributed by atoms with Crippen LogP contribution in [-0.4, -0.2) is 30.4 Å². The summed E-state index contributed by atoms with van der Waals surface area (Å²) in [5, 5.41) is 0. The molecule has 118 valence electrons. The van der Waals surface area contributed by atoms with E-state index in [-0.39, 0.29) is 5.78 Å². The third-order valence-electron chi connectivity index (χ3n) is 3.82. The van der Waals surface area contributed by atoms with Gasteiger partial charge < -0.3 is 9.05 Å². The van der Waals surface area contributed by atoms with E-state index in [1.54, 1.807) is 0 Å². The number of nitrogens with zero attached hydrogens (tertiary/aromatic N) is 1. The smallest absolute Gasteiger partial charge is 0.308 e. The van der Waals surface area contributed by atoms with Gasteiger partial charge in [-0.25, -0.2) is 0 Å². The Labute approximate surface area is 128 Å². The minimum Gasteiger partial charge on any atom is -0.308 e. The van der Waals surface area contributed by atoms with Crippen LogP contribution in [-0.2, 0) is 20.2 Å². The molecule has 1 aromatic rings. The highest BCUT2D eigenvalue weighted by molar-refractivity contribution is 7.54. The molecular formula is C16H26NO3P. The van der Waals surface area contributed by atoms with Crippen LogP contribution in [0.25, 0.3) is 0 Å². The molecule has 1 saturated heterocycles. The molecule has 0 radical (unpaired) electrons. The Bertz CT molecular complexity index is 479. The van der Waals surface area contributed by atoms with Gasteiger partial charge in [-0.2, -0.15) is 0 Å². The summed E-state index contributed by atoms with van der Waals surface area (Å²) in [6, 6.07) is 8.50. The first kappa shape index (κ1) is 16.7. The van der Waals surface area contributed by atoms with E-state index in [0.29, 0.717) is 13.2 Å². The number of aryl methyl sites for hydroxylation is 1. The van der Waals surface area contributed by atoms with Gasteiger partial charge in [-0.1, -0.05) is 29.8 Å². The first-order chi connectivity index (χ1) is 10.1. The molecule has 1 aliphatic heterocycles. The van der Waals surface area contributed by atoms with E-state index in [1.807, 2.05) is 13.8 Å². The molecule has 2 rings (SSSR count). The van der Waals surface area contributed by atoms with Crippen LogP contribution in [0.2, 0.25) is 0 Å². The quantitative estimate of drug-likeness (QED) is 0.708. The number of benzene rings is 1. The zero-order valence-electron chi connectivity index (χ0n) is 13.2. The summed E-state index contributed by atoms with van der Waals surface area (Å²) in [5.74, 6) is -0.112. The van der Waals surface area contributed by atoms with Crippen molar-refractivity contribution in [3.63, 3.8) is 0 Å². The van der Waals surface area contributed by atoms with Gasteiger partial charge in [-0.15, -0.1) is 0 Å². The zero-order chi connectivity index (χ0) is 15.3. The molecule has 0 N–H and O–H groups in total. The molecule has 1 unspecified atom stereocenters. The second-order valence-electron chi connectivity index (χ2n) is 5.45. The summed E-state index contributed by atoms with van der Waals surface area (Å²) >= 11 is 0. The lowest BCUT2D eigenvalue weighted by Gasteiger charge is -2.30. The van der Waals surface area contributed by atoms with Gasteiger partial charge in [0, 0.05) is 6.54 Å². The van der Waals surface area contributed by atoms with Crippen molar-refractivity contribution >= 4 is 7.60 Å². The highest BCUT2D eigenvalue weighted by Gasteiger charge is 2.42. The number of likely N-dealkylation sites (tertiary alicyclic amines) is 1. The maximum atomic E-state index is 13.0. The standard InChI is InChI=1S/C16H26NO3P/c1-4-19-21(18,20-5-2)16-7-6-12-17(16)13-15-10-8-14(3)9-11-15/h8-11,16H,4-7,12-13H2,1-3H3. The molecule has 0 spiro atoms. The SMILES string of the molecule is CCOP(=O)(OCC)C1CCCN1Cc1ccc(C)cc1. The Morgan fingerprint density at radius 1 is 1.19 bits per heavy atom. The van der Waals surface area contributed by atoms with Crippen LogP contribution in [0.1, 0.15) is 37.8 Å². The van der Waals surface area contributed by atoms with Crippen molar-refractivity contribution in [2.75, 3.05) is 19.8 Å². The average Bonchev–Trinajstić information content (AvgIpc) is 2.91. The van der Waals surface area contributed by atoms with Gasteiger partial charge in [-0.05, 0) is 45.7 Å².